The molecule has 2 rings (SSSR count). The molecule has 1 aliphatic rings. The molecule has 1 aromatic rings. The molecule has 112 valence electrons. The summed E-state index contributed by atoms with van der Waals surface area (Å²) in [6, 6.07) is 5.63. The van der Waals surface area contributed by atoms with Gasteiger partial charge in [0.1, 0.15) is 0 Å². The molecule has 1 saturated heterocycles. The van der Waals surface area contributed by atoms with E-state index in [9.17, 15) is 8.42 Å². The Kier molecular flexibility index (Phi) is 5.47. The highest BCUT2D eigenvalue weighted by molar-refractivity contribution is 7.87. The van der Waals surface area contributed by atoms with E-state index in [1.54, 1.807) is 6.20 Å². The Morgan fingerprint density at radius 1 is 1.35 bits per heavy atom. The Labute approximate surface area is 120 Å². The second-order valence-electron chi connectivity index (χ2n) is 5.05. The standard InChI is InChI=1S/C13H22N4O2S/c14-11-12-5-9-17(10-6-12)20(18,19)16-8-4-13-3-1-2-7-15-13/h1-3,7,12,16H,4-6,8-11,14H2. The molecule has 0 unspecified atom stereocenters. The lowest BCUT2D eigenvalue weighted by Gasteiger charge is -2.30. The Morgan fingerprint density at radius 2 is 2.10 bits per heavy atom. The minimum absolute atomic E-state index is 0.371. The van der Waals surface area contributed by atoms with Crippen LogP contribution in [-0.2, 0) is 16.6 Å². The molecule has 2 heterocycles. The quantitative estimate of drug-likeness (QED) is 0.781. The summed E-state index contributed by atoms with van der Waals surface area (Å²) in [7, 11) is -3.37. The maximum absolute atomic E-state index is 12.1. The lowest BCUT2D eigenvalue weighted by molar-refractivity contribution is 0.276. The Bertz CT molecular complexity index is 498. The molecule has 0 aromatic carbocycles. The van der Waals surface area contributed by atoms with Crippen LogP contribution in [0.25, 0.3) is 0 Å². The van der Waals surface area contributed by atoms with E-state index in [4.69, 9.17) is 5.73 Å². The van der Waals surface area contributed by atoms with Gasteiger partial charge in [0.2, 0.25) is 0 Å². The van der Waals surface area contributed by atoms with E-state index in [0.29, 0.717) is 38.5 Å². The molecule has 3 N–H and O–H groups in total. The van der Waals surface area contributed by atoms with Crippen molar-refractivity contribution in [2.24, 2.45) is 11.7 Å². The highest BCUT2D eigenvalue weighted by Crippen LogP contribution is 2.17. The van der Waals surface area contributed by atoms with Crippen LogP contribution in [0.1, 0.15) is 18.5 Å². The minimum atomic E-state index is -3.37. The van der Waals surface area contributed by atoms with Gasteiger partial charge in [-0.2, -0.15) is 12.7 Å². The van der Waals surface area contributed by atoms with Crippen LogP contribution in [-0.4, -0.2) is 43.9 Å². The van der Waals surface area contributed by atoms with Gasteiger partial charge in [0.25, 0.3) is 10.2 Å². The van der Waals surface area contributed by atoms with Crippen molar-refractivity contribution in [2.45, 2.75) is 19.3 Å². The van der Waals surface area contributed by atoms with Crippen molar-refractivity contribution in [3.05, 3.63) is 30.1 Å². The topological polar surface area (TPSA) is 88.3 Å². The van der Waals surface area contributed by atoms with E-state index >= 15 is 0 Å². The van der Waals surface area contributed by atoms with Crippen LogP contribution in [0.4, 0.5) is 0 Å². The Hall–Kier alpha value is -1.02. The fourth-order valence-electron chi connectivity index (χ4n) is 2.33. The van der Waals surface area contributed by atoms with Crippen molar-refractivity contribution in [1.82, 2.24) is 14.0 Å². The summed E-state index contributed by atoms with van der Waals surface area (Å²) < 4.78 is 28.4. The number of aromatic nitrogens is 1. The largest absolute Gasteiger partial charge is 0.330 e. The van der Waals surface area contributed by atoms with Gasteiger partial charge in [0, 0.05) is 37.9 Å². The van der Waals surface area contributed by atoms with Crippen molar-refractivity contribution in [3.63, 3.8) is 0 Å². The van der Waals surface area contributed by atoms with Gasteiger partial charge in [-0.3, -0.25) is 4.98 Å². The number of nitrogens with zero attached hydrogens (tertiary/aromatic N) is 2. The number of nitrogens with two attached hydrogens (primary N) is 1. The summed E-state index contributed by atoms with van der Waals surface area (Å²) >= 11 is 0. The van der Waals surface area contributed by atoms with Crippen molar-refractivity contribution in [1.29, 1.82) is 0 Å². The van der Waals surface area contributed by atoms with Crippen LogP contribution in [0.2, 0.25) is 0 Å². The first-order chi connectivity index (χ1) is 9.62. The molecule has 0 amide bonds. The van der Waals surface area contributed by atoms with Gasteiger partial charge in [0.15, 0.2) is 0 Å². The van der Waals surface area contributed by atoms with Gasteiger partial charge >= 0.3 is 0 Å². The molecule has 0 atom stereocenters. The van der Waals surface area contributed by atoms with Crippen LogP contribution in [0, 0.1) is 5.92 Å². The third-order valence-corrected chi connectivity index (χ3v) is 5.25. The van der Waals surface area contributed by atoms with E-state index in [1.165, 1.54) is 4.31 Å². The second-order valence-corrected chi connectivity index (χ2v) is 6.80. The summed E-state index contributed by atoms with van der Waals surface area (Å²) in [6.07, 6.45) is 4.00. The van der Waals surface area contributed by atoms with E-state index in [0.717, 1.165) is 18.5 Å². The first kappa shape index (κ1) is 15.4. The smallest absolute Gasteiger partial charge is 0.279 e. The molecule has 0 bridgehead atoms. The first-order valence-corrected chi connectivity index (χ1v) is 8.40. The van der Waals surface area contributed by atoms with Gasteiger partial charge in [-0.05, 0) is 37.4 Å². The molecular weight excluding hydrogens is 276 g/mol. The molecule has 7 heteroatoms. The Morgan fingerprint density at radius 3 is 2.70 bits per heavy atom. The fourth-order valence-corrected chi connectivity index (χ4v) is 3.56. The summed E-state index contributed by atoms with van der Waals surface area (Å²) in [6.45, 7) is 2.12. The molecule has 0 saturated carbocycles. The highest BCUT2D eigenvalue weighted by Gasteiger charge is 2.26. The first-order valence-electron chi connectivity index (χ1n) is 6.96. The van der Waals surface area contributed by atoms with E-state index in [2.05, 4.69) is 9.71 Å². The van der Waals surface area contributed by atoms with Crippen molar-refractivity contribution >= 4 is 10.2 Å². The van der Waals surface area contributed by atoms with Crippen molar-refractivity contribution < 1.29 is 8.42 Å². The van der Waals surface area contributed by atoms with E-state index in [1.807, 2.05) is 18.2 Å². The van der Waals surface area contributed by atoms with Crippen LogP contribution >= 0.6 is 0 Å². The molecule has 6 nitrogen and oxygen atoms in total. The number of piperidine rings is 1. The minimum Gasteiger partial charge on any atom is -0.330 e. The molecule has 20 heavy (non-hydrogen) atoms. The average molecular weight is 298 g/mol. The zero-order chi connectivity index (χ0) is 14.4. The van der Waals surface area contributed by atoms with Crippen LogP contribution in [0.3, 0.4) is 0 Å². The van der Waals surface area contributed by atoms with Crippen LogP contribution < -0.4 is 10.5 Å². The van der Waals surface area contributed by atoms with Gasteiger partial charge in [-0.1, -0.05) is 6.07 Å². The summed E-state index contributed by atoms with van der Waals surface area (Å²) in [5.74, 6) is 0.454. The molecule has 0 aliphatic carbocycles. The summed E-state index contributed by atoms with van der Waals surface area (Å²) in [5.41, 5.74) is 6.50. The number of nitrogens with one attached hydrogen (secondary N) is 1. The van der Waals surface area contributed by atoms with E-state index < -0.39 is 10.2 Å². The maximum Gasteiger partial charge on any atom is 0.279 e. The summed E-state index contributed by atoms with van der Waals surface area (Å²) in [5, 5.41) is 0. The molecule has 0 radical (unpaired) electrons. The lowest BCUT2D eigenvalue weighted by atomic mass is 9.99. The SMILES string of the molecule is NCC1CCN(S(=O)(=O)NCCc2ccccn2)CC1. The normalized spacial score (nSPS) is 18.2. The molecule has 1 aliphatic heterocycles. The monoisotopic (exact) mass is 298 g/mol. The number of rotatable bonds is 6. The molecular formula is C13H22N4O2S. The van der Waals surface area contributed by atoms with E-state index in [-0.39, 0.29) is 0 Å². The number of pyridine rings is 1. The molecule has 1 aromatic heterocycles. The maximum atomic E-state index is 12.1. The van der Waals surface area contributed by atoms with Crippen LogP contribution in [0.15, 0.2) is 24.4 Å². The third kappa shape index (κ3) is 4.24. The van der Waals surface area contributed by atoms with Gasteiger partial charge in [-0.15, -0.1) is 0 Å². The number of hydrogen-bond acceptors (Lipinski definition) is 4. The third-order valence-electron chi connectivity index (χ3n) is 3.64. The zero-order valence-electron chi connectivity index (χ0n) is 11.5. The van der Waals surface area contributed by atoms with Gasteiger partial charge in [0.05, 0.1) is 0 Å². The highest BCUT2D eigenvalue weighted by atomic mass is 32.2. The summed E-state index contributed by atoms with van der Waals surface area (Å²) in [4.78, 5) is 4.17. The van der Waals surface area contributed by atoms with Gasteiger partial charge < -0.3 is 5.73 Å². The fraction of sp³-hybridized carbons (Fsp3) is 0.615. The lowest BCUT2D eigenvalue weighted by Crippen LogP contribution is -2.46. The molecule has 1 fully saturated rings. The van der Waals surface area contributed by atoms with Crippen LogP contribution in [0.5, 0.6) is 0 Å². The zero-order valence-corrected chi connectivity index (χ0v) is 12.3. The number of hydrogen-bond donors (Lipinski definition) is 2. The molecule has 0 spiro atoms. The second kappa shape index (κ2) is 7.12. The van der Waals surface area contributed by atoms with Gasteiger partial charge in [-0.25, -0.2) is 4.72 Å². The Balaban J connectivity index is 1.79. The predicted octanol–water partition coefficient (Wildman–Crippen LogP) is 0.129. The van der Waals surface area contributed by atoms with Crippen molar-refractivity contribution in [3.8, 4) is 0 Å². The predicted molar refractivity (Wildman–Crippen MR) is 78.2 cm³/mol. The average Bonchev–Trinajstić information content (AvgIpc) is 2.48. The van der Waals surface area contributed by atoms with Crippen molar-refractivity contribution in [2.75, 3.05) is 26.2 Å².